The molecule has 5 rings (SSSR count). The monoisotopic (exact) mass is 431 g/mol. The van der Waals surface area contributed by atoms with Crippen LogP contribution in [0.4, 0.5) is 4.79 Å². The van der Waals surface area contributed by atoms with Crippen LogP contribution in [0.5, 0.6) is 0 Å². The number of fused-ring (bicyclic) bond motifs is 1. The maximum atomic E-state index is 12.4. The Morgan fingerprint density at radius 3 is 2.76 bits per heavy atom. The number of amides is 2. The lowest BCUT2D eigenvalue weighted by molar-refractivity contribution is -0.115. The number of pyridine rings is 1. The number of carbonyl (C=O) groups excluding carboxylic acids is 2. The molecule has 3 aliphatic rings. The highest BCUT2D eigenvalue weighted by molar-refractivity contribution is 8.18. The lowest BCUT2D eigenvalue weighted by Crippen LogP contribution is -2.36. The zero-order chi connectivity index (χ0) is 20.2. The van der Waals surface area contributed by atoms with Gasteiger partial charge in [-0.1, -0.05) is 6.08 Å². The van der Waals surface area contributed by atoms with Gasteiger partial charge in [0.15, 0.2) is 0 Å². The number of carbonyl (C=O) groups is 2. The smallest absolute Gasteiger partial charge is 0.290 e. The fourth-order valence-electron chi connectivity index (χ4n) is 3.54. The van der Waals surface area contributed by atoms with Crippen molar-refractivity contribution >= 4 is 55.5 Å². The van der Waals surface area contributed by atoms with Gasteiger partial charge in [0.05, 0.1) is 10.2 Å². The van der Waals surface area contributed by atoms with E-state index in [4.69, 9.17) is 4.42 Å². The summed E-state index contributed by atoms with van der Waals surface area (Å²) in [5.74, 6) is 0.0155. The summed E-state index contributed by atoms with van der Waals surface area (Å²) in [6, 6.07) is 1.77. The molecule has 0 radical (unpaired) electrons. The van der Waals surface area contributed by atoms with Crippen LogP contribution in [-0.4, -0.2) is 47.2 Å². The maximum absolute atomic E-state index is 12.4. The van der Waals surface area contributed by atoms with Gasteiger partial charge in [-0.05, 0) is 42.7 Å². The zero-order valence-electron chi connectivity index (χ0n) is 15.3. The lowest BCUT2D eigenvalue weighted by atomic mass is 10.0. The van der Waals surface area contributed by atoms with Gasteiger partial charge >= 0.3 is 0 Å². The molecule has 2 fully saturated rings. The van der Waals surface area contributed by atoms with Gasteiger partial charge in [0.1, 0.15) is 11.3 Å². The second-order valence-corrected chi connectivity index (χ2v) is 10.4. The zero-order valence-corrected chi connectivity index (χ0v) is 16.9. The van der Waals surface area contributed by atoms with E-state index in [9.17, 15) is 18.0 Å². The minimum absolute atomic E-state index is 0.208. The Kier molecular flexibility index (Phi) is 4.37. The predicted octanol–water partition coefficient (Wildman–Crippen LogP) is 2.73. The summed E-state index contributed by atoms with van der Waals surface area (Å²) in [5.41, 5.74) is 2.43. The number of rotatable bonds is 4. The van der Waals surface area contributed by atoms with E-state index in [1.54, 1.807) is 22.8 Å². The molecule has 0 spiro atoms. The number of nitrogens with zero attached hydrogens (tertiary/aromatic N) is 2. The summed E-state index contributed by atoms with van der Waals surface area (Å²) >= 11 is 0.833. The van der Waals surface area contributed by atoms with E-state index in [0.29, 0.717) is 30.9 Å². The number of imide groups is 1. The van der Waals surface area contributed by atoms with Gasteiger partial charge in [-0.15, -0.1) is 0 Å². The molecular weight excluding hydrogens is 414 g/mol. The number of aromatic nitrogens is 1. The Morgan fingerprint density at radius 1 is 1.28 bits per heavy atom. The normalized spacial score (nSPS) is 22.3. The molecule has 2 aromatic rings. The Morgan fingerprint density at radius 2 is 2.10 bits per heavy atom. The molecule has 1 N–H and O–H groups in total. The third-order valence-electron chi connectivity index (χ3n) is 5.18. The van der Waals surface area contributed by atoms with Crippen molar-refractivity contribution in [1.29, 1.82) is 0 Å². The van der Waals surface area contributed by atoms with E-state index >= 15 is 0 Å². The van der Waals surface area contributed by atoms with E-state index in [-0.39, 0.29) is 10.2 Å². The van der Waals surface area contributed by atoms with Crippen LogP contribution in [0, 0.1) is 0 Å². The fraction of sp³-hybridized carbons (Fsp3) is 0.316. The van der Waals surface area contributed by atoms with E-state index in [2.05, 4.69) is 10.3 Å². The van der Waals surface area contributed by atoms with Crippen molar-refractivity contribution in [3.8, 4) is 0 Å². The number of hydrogen-bond acceptors (Lipinski definition) is 7. The highest BCUT2D eigenvalue weighted by Gasteiger charge is 2.40. The number of sulfonamides is 1. The molecule has 1 saturated heterocycles. The summed E-state index contributed by atoms with van der Waals surface area (Å²) in [7, 11) is -3.18. The van der Waals surface area contributed by atoms with Crippen LogP contribution in [0.15, 0.2) is 33.9 Å². The summed E-state index contributed by atoms with van der Waals surface area (Å²) in [6.45, 7) is 0.790. The van der Waals surface area contributed by atoms with Crippen LogP contribution >= 0.6 is 11.8 Å². The van der Waals surface area contributed by atoms with Gasteiger partial charge in [-0.25, -0.2) is 8.42 Å². The summed E-state index contributed by atoms with van der Waals surface area (Å²) < 4.78 is 32.3. The average molecular weight is 431 g/mol. The molecule has 0 aromatic carbocycles. The van der Waals surface area contributed by atoms with Gasteiger partial charge in [0.2, 0.25) is 10.0 Å². The van der Waals surface area contributed by atoms with E-state index in [0.717, 1.165) is 41.1 Å². The summed E-state index contributed by atoms with van der Waals surface area (Å²) in [4.78, 5) is 27.6. The largest absolute Gasteiger partial charge is 0.456 e. The number of nitrogens with one attached hydrogen (secondary N) is 1. The topological polar surface area (TPSA) is 110 Å². The summed E-state index contributed by atoms with van der Waals surface area (Å²) in [5, 5.41) is 2.38. The van der Waals surface area contributed by atoms with Crippen LogP contribution in [0.25, 0.3) is 22.6 Å². The molecule has 1 aliphatic carbocycles. The van der Waals surface area contributed by atoms with Crippen LogP contribution in [-0.2, 0) is 14.8 Å². The first-order valence-corrected chi connectivity index (χ1v) is 11.5. The molecule has 10 heteroatoms. The molecule has 0 atom stereocenters. The maximum Gasteiger partial charge on any atom is 0.290 e. The SMILES string of the molecule is O=C1NC(=O)/C(=C\c2cc3cncc(C4=CCN(S(=O)(=O)C5CC5)CC4)c3o2)S1. The number of thioether (sulfide) groups is 1. The second kappa shape index (κ2) is 6.82. The van der Waals surface area contributed by atoms with Crippen molar-refractivity contribution in [2.45, 2.75) is 24.5 Å². The van der Waals surface area contributed by atoms with Crippen molar-refractivity contribution in [3.05, 3.63) is 40.8 Å². The highest BCUT2D eigenvalue weighted by Crippen LogP contribution is 2.35. The molecule has 29 heavy (non-hydrogen) atoms. The van der Waals surface area contributed by atoms with Gasteiger partial charge in [0, 0.05) is 42.5 Å². The van der Waals surface area contributed by atoms with Crippen LogP contribution in [0.2, 0.25) is 0 Å². The Bertz CT molecular complexity index is 1210. The first kappa shape index (κ1) is 18.6. The molecule has 2 aliphatic heterocycles. The minimum atomic E-state index is -3.18. The molecule has 1 saturated carbocycles. The van der Waals surface area contributed by atoms with Crippen molar-refractivity contribution < 1.29 is 22.4 Å². The molecule has 2 amide bonds. The summed E-state index contributed by atoms with van der Waals surface area (Å²) in [6.07, 6.45) is 8.92. The molecule has 8 nitrogen and oxygen atoms in total. The van der Waals surface area contributed by atoms with Crippen molar-refractivity contribution in [2.75, 3.05) is 13.1 Å². The average Bonchev–Trinajstić information content (AvgIpc) is 3.41. The van der Waals surface area contributed by atoms with Gasteiger partial charge in [-0.3, -0.25) is 19.9 Å². The Labute approximate surface area is 171 Å². The number of furan rings is 1. The highest BCUT2D eigenvalue weighted by atomic mass is 32.2. The fourth-order valence-corrected chi connectivity index (χ4v) is 5.98. The molecule has 150 valence electrons. The minimum Gasteiger partial charge on any atom is -0.456 e. The van der Waals surface area contributed by atoms with Gasteiger partial charge in [0.25, 0.3) is 11.1 Å². The van der Waals surface area contributed by atoms with E-state index < -0.39 is 21.2 Å². The third kappa shape index (κ3) is 3.41. The van der Waals surface area contributed by atoms with Crippen LogP contribution in [0.1, 0.15) is 30.6 Å². The Hall–Kier alpha value is -2.43. The van der Waals surface area contributed by atoms with Crippen molar-refractivity contribution in [2.24, 2.45) is 0 Å². The molecule has 0 unspecified atom stereocenters. The second-order valence-electron chi connectivity index (χ2n) is 7.19. The standard InChI is InChI=1S/C19H17N3O5S2/c23-18-16(28-19(24)21-18)8-13-7-12-9-20-10-15(17(12)27-13)11-3-5-22(6-4-11)29(25,26)14-1-2-14/h3,7-10,14H,1-2,4-6H2,(H,21,23,24)/b16-8+. The van der Waals surface area contributed by atoms with Gasteiger partial charge in [-0.2, -0.15) is 4.31 Å². The van der Waals surface area contributed by atoms with Crippen molar-refractivity contribution in [3.63, 3.8) is 0 Å². The molecule has 2 aromatic heterocycles. The lowest BCUT2D eigenvalue weighted by Gasteiger charge is -2.25. The molecular formula is C19H17N3O5S2. The first-order chi connectivity index (χ1) is 13.9. The van der Waals surface area contributed by atoms with Crippen LogP contribution in [0.3, 0.4) is 0 Å². The quantitative estimate of drug-likeness (QED) is 0.741. The molecule has 4 heterocycles. The van der Waals surface area contributed by atoms with E-state index in [1.165, 1.54) is 6.08 Å². The van der Waals surface area contributed by atoms with E-state index in [1.807, 2.05) is 6.08 Å². The van der Waals surface area contributed by atoms with Crippen LogP contribution < -0.4 is 5.32 Å². The first-order valence-electron chi connectivity index (χ1n) is 9.22. The predicted molar refractivity (Wildman–Crippen MR) is 109 cm³/mol. The van der Waals surface area contributed by atoms with Crippen molar-refractivity contribution in [1.82, 2.24) is 14.6 Å². The molecule has 0 bridgehead atoms. The number of hydrogen-bond donors (Lipinski definition) is 1. The van der Waals surface area contributed by atoms with Gasteiger partial charge < -0.3 is 4.42 Å². The third-order valence-corrected chi connectivity index (χ3v) is 8.36. The Balaban J connectivity index is 1.45.